The van der Waals surface area contributed by atoms with Crippen LogP contribution in [0.15, 0.2) is 70.3 Å². The monoisotopic (exact) mass is 616 g/mol. The average molecular weight is 617 g/mol. The van der Waals surface area contributed by atoms with E-state index in [0.717, 1.165) is 22.8 Å². The van der Waals surface area contributed by atoms with E-state index in [2.05, 4.69) is 0 Å². The third-order valence-corrected chi connectivity index (χ3v) is 7.06. The number of Topliss-reactive ketones (excluding diaryl/α,β-unsaturated/α-hetero) is 2. The number of phenols is 1. The second-order valence-electron chi connectivity index (χ2n) is 10.9. The van der Waals surface area contributed by atoms with Crippen LogP contribution in [0.4, 0.5) is 0 Å². The summed E-state index contributed by atoms with van der Waals surface area (Å²) in [4.78, 5) is 47.8. The van der Waals surface area contributed by atoms with E-state index in [-0.39, 0.29) is 47.4 Å². The third-order valence-electron chi connectivity index (χ3n) is 7.06. The standard InChI is InChI=1S/C19H23NO4.C16H17NO4/c1-12(2)24-19-10-15(6-7-18(19)23-5)17(22)11-20-13(3)8-16(21)9-14(20)4;1-10-6-13(18)7-11(2)17(10)9-15(20)12-4-5-16(21-3)14(19)8-12/h6-10,12H,11H2,1-5H3;4-8,19H,9H2,1-3H3. The largest absolute Gasteiger partial charge is 0.504 e. The Labute approximate surface area is 262 Å². The van der Waals surface area contributed by atoms with E-state index in [1.54, 1.807) is 55.9 Å². The van der Waals surface area contributed by atoms with Gasteiger partial charge in [0.05, 0.1) is 33.4 Å². The van der Waals surface area contributed by atoms with E-state index in [1.165, 1.54) is 37.4 Å². The molecule has 1 N–H and O–H groups in total. The normalized spacial score (nSPS) is 10.6. The zero-order valence-electron chi connectivity index (χ0n) is 27.0. The molecule has 4 aromatic rings. The molecule has 0 amide bonds. The van der Waals surface area contributed by atoms with E-state index in [9.17, 15) is 24.3 Å². The lowest BCUT2D eigenvalue weighted by atomic mass is 10.1. The molecular weight excluding hydrogens is 576 g/mol. The summed E-state index contributed by atoms with van der Waals surface area (Å²) in [6.07, 6.45) is -0.0206. The maximum absolute atomic E-state index is 12.6. The number of phenolic OH excluding ortho intramolecular Hbond substituents is 1. The van der Waals surface area contributed by atoms with Crippen molar-refractivity contribution in [2.45, 2.75) is 60.7 Å². The fourth-order valence-electron chi connectivity index (χ4n) is 4.80. The van der Waals surface area contributed by atoms with E-state index in [1.807, 2.05) is 32.3 Å². The molecule has 0 spiro atoms. The number of ketones is 2. The first-order valence-corrected chi connectivity index (χ1v) is 14.4. The predicted octanol–water partition coefficient (Wildman–Crippen LogP) is 5.21. The summed E-state index contributed by atoms with van der Waals surface area (Å²) in [5, 5.41) is 9.73. The van der Waals surface area contributed by atoms with Gasteiger partial charge in [-0.3, -0.25) is 19.2 Å². The minimum atomic E-state index is -0.150. The number of carbonyl (C=O) groups is 2. The van der Waals surface area contributed by atoms with Crippen molar-refractivity contribution < 1.29 is 28.9 Å². The molecule has 2 aromatic heterocycles. The third kappa shape index (κ3) is 8.95. The zero-order chi connectivity index (χ0) is 33.4. The fraction of sp³-hybridized carbons (Fsp3) is 0.314. The first-order chi connectivity index (χ1) is 21.2. The van der Waals surface area contributed by atoms with Gasteiger partial charge in [-0.15, -0.1) is 0 Å². The van der Waals surface area contributed by atoms with Crippen molar-refractivity contribution in [1.29, 1.82) is 0 Å². The lowest BCUT2D eigenvalue weighted by molar-refractivity contribution is 0.0962. The number of benzene rings is 2. The summed E-state index contributed by atoms with van der Waals surface area (Å²) < 4.78 is 19.5. The molecule has 0 bridgehead atoms. The number of hydrogen-bond donors (Lipinski definition) is 1. The van der Waals surface area contributed by atoms with Crippen LogP contribution in [0.2, 0.25) is 0 Å². The molecule has 0 aliphatic carbocycles. The van der Waals surface area contributed by atoms with Crippen molar-refractivity contribution in [3.63, 3.8) is 0 Å². The van der Waals surface area contributed by atoms with Gasteiger partial charge in [0.2, 0.25) is 0 Å². The highest BCUT2D eigenvalue weighted by molar-refractivity contribution is 5.97. The van der Waals surface area contributed by atoms with Crippen LogP contribution in [0, 0.1) is 27.7 Å². The van der Waals surface area contributed by atoms with E-state index < -0.39 is 0 Å². The number of hydrogen-bond acceptors (Lipinski definition) is 8. The van der Waals surface area contributed by atoms with Crippen LogP contribution in [0.3, 0.4) is 0 Å². The van der Waals surface area contributed by atoms with Crippen LogP contribution in [0.1, 0.15) is 57.3 Å². The molecular formula is C35H40N2O8. The summed E-state index contributed by atoms with van der Waals surface area (Å²) in [7, 11) is 3.01. The molecule has 0 fully saturated rings. The average Bonchev–Trinajstić information content (AvgIpc) is 2.96. The lowest BCUT2D eigenvalue weighted by Gasteiger charge is -2.16. The number of nitrogens with zero attached hydrogens (tertiary/aromatic N) is 2. The Balaban J connectivity index is 0.000000248. The van der Waals surface area contributed by atoms with E-state index in [4.69, 9.17) is 14.2 Å². The highest BCUT2D eigenvalue weighted by atomic mass is 16.5. The van der Waals surface area contributed by atoms with E-state index >= 15 is 0 Å². The second-order valence-corrected chi connectivity index (χ2v) is 10.9. The number of aromatic hydroxyl groups is 1. The molecule has 0 radical (unpaired) electrons. The molecule has 0 aliphatic heterocycles. The number of methoxy groups -OCH3 is 2. The Kier molecular flexibility index (Phi) is 11.5. The summed E-state index contributed by atoms with van der Waals surface area (Å²) in [6.45, 7) is 11.3. The van der Waals surface area contributed by atoms with Crippen molar-refractivity contribution in [2.24, 2.45) is 0 Å². The van der Waals surface area contributed by atoms with Gasteiger partial charge < -0.3 is 28.5 Å². The van der Waals surface area contributed by atoms with Crippen molar-refractivity contribution in [1.82, 2.24) is 9.13 Å². The quantitative estimate of drug-likeness (QED) is 0.241. The molecule has 238 valence electrons. The van der Waals surface area contributed by atoms with Gasteiger partial charge in [-0.2, -0.15) is 0 Å². The number of ether oxygens (including phenoxy) is 3. The molecule has 2 heterocycles. The minimum Gasteiger partial charge on any atom is -0.504 e. The van der Waals surface area contributed by atoms with Gasteiger partial charge >= 0.3 is 0 Å². The van der Waals surface area contributed by atoms with Crippen molar-refractivity contribution in [3.8, 4) is 23.0 Å². The van der Waals surface area contributed by atoms with Crippen molar-refractivity contribution in [2.75, 3.05) is 14.2 Å². The van der Waals surface area contributed by atoms with Gasteiger partial charge in [-0.25, -0.2) is 0 Å². The maximum Gasteiger partial charge on any atom is 0.182 e. The fourth-order valence-corrected chi connectivity index (χ4v) is 4.80. The minimum absolute atomic E-state index is 0.0206. The van der Waals surface area contributed by atoms with Crippen molar-refractivity contribution >= 4 is 11.6 Å². The first kappa shape index (κ1) is 34.4. The van der Waals surface area contributed by atoms with Crippen LogP contribution in [-0.4, -0.2) is 46.1 Å². The Hall–Kier alpha value is -5.12. The van der Waals surface area contributed by atoms with Crippen LogP contribution in [0.5, 0.6) is 23.0 Å². The van der Waals surface area contributed by atoms with Gasteiger partial charge in [0.15, 0.2) is 45.4 Å². The number of rotatable bonds is 10. The molecule has 2 aromatic carbocycles. The highest BCUT2D eigenvalue weighted by Crippen LogP contribution is 2.29. The summed E-state index contributed by atoms with van der Waals surface area (Å²) in [5.74, 6) is 1.19. The number of carbonyl (C=O) groups excluding carboxylic acids is 2. The molecule has 10 heteroatoms. The van der Waals surface area contributed by atoms with Crippen LogP contribution in [0.25, 0.3) is 0 Å². The smallest absolute Gasteiger partial charge is 0.182 e. The summed E-state index contributed by atoms with van der Waals surface area (Å²) in [5.41, 5.74) is 3.80. The van der Waals surface area contributed by atoms with Gasteiger partial charge in [0.1, 0.15) is 0 Å². The van der Waals surface area contributed by atoms with Crippen LogP contribution >= 0.6 is 0 Å². The maximum atomic E-state index is 12.6. The van der Waals surface area contributed by atoms with Gasteiger partial charge in [-0.05, 0) is 77.9 Å². The Morgan fingerprint density at radius 3 is 1.42 bits per heavy atom. The van der Waals surface area contributed by atoms with E-state index in [0.29, 0.717) is 28.4 Å². The van der Waals surface area contributed by atoms with Gasteiger partial charge in [0.25, 0.3) is 0 Å². The SMILES string of the molecule is COc1ccc(C(=O)Cn2c(C)cc(=O)cc2C)cc1O.COc1ccc(C(=O)Cn2c(C)cc(=O)cc2C)cc1OC(C)C. The lowest BCUT2D eigenvalue weighted by Crippen LogP contribution is -2.18. The molecule has 0 saturated carbocycles. The molecule has 0 unspecified atom stereocenters. The molecule has 0 atom stereocenters. The number of pyridine rings is 2. The number of aromatic nitrogens is 2. The second kappa shape index (κ2) is 15.1. The summed E-state index contributed by atoms with van der Waals surface area (Å²) >= 11 is 0. The topological polar surface area (TPSA) is 126 Å². The zero-order valence-corrected chi connectivity index (χ0v) is 27.0. The molecule has 4 rings (SSSR count). The Morgan fingerprint density at radius 2 is 1.04 bits per heavy atom. The van der Waals surface area contributed by atoms with Crippen LogP contribution < -0.4 is 25.1 Å². The Bertz CT molecular complexity index is 1770. The van der Waals surface area contributed by atoms with Crippen molar-refractivity contribution in [3.05, 3.63) is 115 Å². The molecule has 0 aliphatic rings. The summed E-state index contributed by atoms with van der Waals surface area (Å²) in [6, 6.07) is 15.7. The van der Waals surface area contributed by atoms with Gasteiger partial charge in [-0.1, -0.05) is 0 Å². The molecule has 10 nitrogen and oxygen atoms in total. The predicted molar refractivity (Wildman–Crippen MR) is 172 cm³/mol. The van der Waals surface area contributed by atoms with Gasteiger partial charge in [0, 0.05) is 58.2 Å². The molecule has 45 heavy (non-hydrogen) atoms. The van der Waals surface area contributed by atoms with Crippen LogP contribution in [-0.2, 0) is 13.1 Å². The Morgan fingerprint density at radius 1 is 0.644 bits per heavy atom. The first-order valence-electron chi connectivity index (χ1n) is 14.4. The number of aryl methyl sites for hydroxylation is 4. The molecule has 0 saturated heterocycles. The highest BCUT2D eigenvalue weighted by Gasteiger charge is 2.15.